The largest absolute Gasteiger partial charge is 0.388 e. The number of nitrogens with one attached hydrogen (secondary N) is 1. The fourth-order valence-corrected chi connectivity index (χ4v) is 2.72. The van der Waals surface area contributed by atoms with Crippen molar-refractivity contribution in [2.75, 3.05) is 26.2 Å². The smallest absolute Gasteiger partial charge is 0.0869 e. The Balaban J connectivity index is 2.03. The molecule has 0 spiro atoms. The van der Waals surface area contributed by atoms with Crippen molar-refractivity contribution in [2.24, 2.45) is 0 Å². The van der Waals surface area contributed by atoms with Crippen molar-refractivity contribution >= 4 is 0 Å². The van der Waals surface area contributed by atoms with Crippen molar-refractivity contribution in [3.8, 4) is 0 Å². The van der Waals surface area contributed by atoms with Crippen LogP contribution < -0.4 is 5.32 Å². The standard InChI is InChI=1S/C16H26N2O/c1-15(2)11-17-12-16(3,19)13-18(15)10-9-14-7-5-4-6-8-14/h4-8,17,19H,9-13H2,1-3H3. The summed E-state index contributed by atoms with van der Waals surface area (Å²) in [4.78, 5) is 2.40. The molecule has 1 heterocycles. The highest BCUT2D eigenvalue weighted by molar-refractivity contribution is 5.15. The van der Waals surface area contributed by atoms with Crippen LogP contribution in [0, 0.1) is 0 Å². The Morgan fingerprint density at radius 2 is 1.84 bits per heavy atom. The van der Waals surface area contributed by atoms with Crippen LogP contribution in [0.25, 0.3) is 0 Å². The number of benzene rings is 1. The molecular formula is C16H26N2O. The molecule has 106 valence electrons. The van der Waals surface area contributed by atoms with Crippen molar-refractivity contribution in [1.82, 2.24) is 10.2 Å². The van der Waals surface area contributed by atoms with Crippen LogP contribution in [-0.4, -0.2) is 47.3 Å². The summed E-state index contributed by atoms with van der Waals surface area (Å²) in [5.41, 5.74) is 0.787. The van der Waals surface area contributed by atoms with E-state index in [0.717, 1.165) is 26.1 Å². The number of hydrogen-bond donors (Lipinski definition) is 2. The van der Waals surface area contributed by atoms with Gasteiger partial charge in [0, 0.05) is 31.7 Å². The third-order valence-electron chi connectivity index (χ3n) is 3.96. The minimum atomic E-state index is -0.648. The number of aliphatic hydroxyl groups is 1. The van der Waals surface area contributed by atoms with Crippen LogP contribution in [0.1, 0.15) is 26.3 Å². The van der Waals surface area contributed by atoms with Gasteiger partial charge < -0.3 is 10.4 Å². The summed E-state index contributed by atoms with van der Waals surface area (Å²) in [5, 5.41) is 13.7. The summed E-state index contributed by atoms with van der Waals surface area (Å²) in [6, 6.07) is 10.6. The van der Waals surface area contributed by atoms with Crippen molar-refractivity contribution in [2.45, 2.75) is 38.3 Å². The number of rotatable bonds is 3. The van der Waals surface area contributed by atoms with Crippen LogP contribution >= 0.6 is 0 Å². The lowest BCUT2D eigenvalue weighted by molar-refractivity contribution is 0.0106. The Bertz CT molecular complexity index is 400. The Morgan fingerprint density at radius 3 is 2.53 bits per heavy atom. The Hall–Kier alpha value is -0.900. The van der Waals surface area contributed by atoms with Gasteiger partial charge in [0.1, 0.15) is 0 Å². The number of nitrogens with zero attached hydrogens (tertiary/aromatic N) is 1. The lowest BCUT2D eigenvalue weighted by Crippen LogP contribution is -2.51. The highest BCUT2D eigenvalue weighted by Crippen LogP contribution is 2.21. The SMILES string of the molecule is CC1(O)CNCC(C)(C)N(CCc2ccccc2)C1. The van der Waals surface area contributed by atoms with E-state index in [2.05, 4.69) is 48.3 Å². The van der Waals surface area contributed by atoms with Gasteiger partial charge in [-0.25, -0.2) is 0 Å². The third kappa shape index (κ3) is 4.03. The molecule has 2 N–H and O–H groups in total. The molecule has 0 radical (unpaired) electrons. The fourth-order valence-electron chi connectivity index (χ4n) is 2.72. The molecule has 2 rings (SSSR count). The Morgan fingerprint density at radius 1 is 1.16 bits per heavy atom. The highest BCUT2D eigenvalue weighted by atomic mass is 16.3. The topological polar surface area (TPSA) is 35.5 Å². The molecule has 1 saturated heterocycles. The van der Waals surface area contributed by atoms with Crippen molar-refractivity contribution in [3.05, 3.63) is 35.9 Å². The average Bonchev–Trinajstić information content (AvgIpc) is 2.44. The second kappa shape index (κ2) is 5.61. The maximum Gasteiger partial charge on any atom is 0.0869 e. The van der Waals surface area contributed by atoms with Crippen LogP contribution in [-0.2, 0) is 6.42 Å². The first-order valence-electron chi connectivity index (χ1n) is 7.11. The summed E-state index contributed by atoms with van der Waals surface area (Å²) in [6.07, 6.45) is 1.03. The number of hydrogen-bond acceptors (Lipinski definition) is 3. The van der Waals surface area contributed by atoms with Gasteiger partial charge in [-0.05, 0) is 32.8 Å². The zero-order valence-electron chi connectivity index (χ0n) is 12.3. The van der Waals surface area contributed by atoms with Gasteiger partial charge >= 0.3 is 0 Å². The third-order valence-corrected chi connectivity index (χ3v) is 3.96. The van der Waals surface area contributed by atoms with E-state index in [1.165, 1.54) is 5.56 Å². The molecule has 1 aliphatic rings. The van der Waals surface area contributed by atoms with Gasteiger partial charge in [-0.15, -0.1) is 0 Å². The molecular weight excluding hydrogens is 236 g/mol. The lowest BCUT2D eigenvalue weighted by Gasteiger charge is -2.39. The van der Waals surface area contributed by atoms with Crippen LogP contribution in [0.3, 0.4) is 0 Å². The summed E-state index contributed by atoms with van der Waals surface area (Å²) >= 11 is 0. The predicted molar refractivity (Wildman–Crippen MR) is 79.3 cm³/mol. The molecule has 0 saturated carbocycles. The quantitative estimate of drug-likeness (QED) is 0.870. The highest BCUT2D eigenvalue weighted by Gasteiger charge is 2.35. The molecule has 0 bridgehead atoms. The maximum atomic E-state index is 10.4. The first-order chi connectivity index (χ1) is 8.89. The summed E-state index contributed by atoms with van der Waals surface area (Å²) in [6.45, 7) is 9.68. The van der Waals surface area contributed by atoms with Crippen LogP contribution in [0.4, 0.5) is 0 Å². The van der Waals surface area contributed by atoms with Gasteiger partial charge in [0.2, 0.25) is 0 Å². The van der Waals surface area contributed by atoms with Crippen molar-refractivity contribution in [3.63, 3.8) is 0 Å². The van der Waals surface area contributed by atoms with Crippen molar-refractivity contribution in [1.29, 1.82) is 0 Å². The molecule has 1 aliphatic heterocycles. The minimum Gasteiger partial charge on any atom is -0.388 e. The first-order valence-corrected chi connectivity index (χ1v) is 7.11. The molecule has 19 heavy (non-hydrogen) atoms. The summed E-state index contributed by atoms with van der Waals surface area (Å²) in [5.74, 6) is 0. The van der Waals surface area contributed by atoms with E-state index in [-0.39, 0.29) is 5.54 Å². The minimum absolute atomic E-state index is 0.0786. The van der Waals surface area contributed by atoms with Gasteiger partial charge in [-0.1, -0.05) is 30.3 Å². The van der Waals surface area contributed by atoms with Crippen LogP contribution in [0.2, 0.25) is 0 Å². The number of β-amino-alcohol motifs (C(OH)–C–C–N with tert-alkyl or cyclic N) is 1. The normalized spacial score (nSPS) is 28.0. The van der Waals surface area contributed by atoms with Gasteiger partial charge in [0.25, 0.3) is 0 Å². The van der Waals surface area contributed by atoms with Gasteiger partial charge in [-0.3, -0.25) is 4.90 Å². The van der Waals surface area contributed by atoms with E-state index in [1.54, 1.807) is 0 Å². The molecule has 3 heteroatoms. The van der Waals surface area contributed by atoms with E-state index in [9.17, 15) is 5.11 Å². The van der Waals surface area contributed by atoms with E-state index < -0.39 is 5.60 Å². The monoisotopic (exact) mass is 262 g/mol. The molecule has 0 amide bonds. The molecule has 1 aromatic rings. The van der Waals surface area contributed by atoms with Crippen LogP contribution in [0.15, 0.2) is 30.3 Å². The lowest BCUT2D eigenvalue weighted by atomic mass is 10.00. The van der Waals surface area contributed by atoms with Gasteiger partial charge in [-0.2, -0.15) is 0 Å². The molecule has 1 atom stereocenters. The van der Waals surface area contributed by atoms with E-state index in [4.69, 9.17) is 0 Å². The van der Waals surface area contributed by atoms with Gasteiger partial charge in [0.15, 0.2) is 0 Å². The molecule has 0 aromatic heterocycles. The Labute approximate surface area is 116 Å². The second-order valence-corrected chi connectivity index (χ2v) is 6.57. The summed E-state index contributed by atoms with van der Waals surface area (Å²) < 4.78 is 0. The fraction of sp³-hybridized carbons (Fsp3) is 0.625. The van der Waals surface area contributed by atoms with Crippen molar-refractivity contribution < 1.29 is 5.11 Å². The molecule has 1 aromatic carbocycles. The molecule has 3 nitrogen and oxygen atoms in total. The average molecular weight is 262 g/mol. The molecule has 1 unspecified atom stereocenters. The zero-order valence-corrected chi connectivity index (χ0v) is 12.3. The zero-order chi connectivity index (χ0) is 13.9. The van der Waals surface area contributed by atoms with Crippen LogP contribution in [0.5, 0.6) is 0 Å². The maximum absolute atomic E-state index is 10.4. The predicted octanol–water partition coefficient (Wildman–Crippen LogP) is 1.66. The van der Waals surface area contributed by atoms with E-state index in [1.807, 2.05) is 13.0 Å². The van der Waals surface area contributed by atoms with E-state index >= 15 is 0 Å². The van der Waals surface area contributed by atoms with E-state index in [0.29, 0.717) is 6.54 Å². The molecule has 0 aliphatic carbocycles. The summed E-state index contributed by atoms with van der Waals surface area (Å²) in [7, 11) is 0. The second-order valence-electron chi connectivity index (χ2n) is 6.57. The Kier molecular flexibility index (Phi) is 4.29. The molecule has 1 fully saturated rings. The van der Waals surface area contributed by atoms with Gasteiger partial charge in [0.05, 0.1) is 5.60 Å². The first kappa shape index (κ1) is 14.5.